The number of nitrogens with one attached hydrogen (secondary N) is 2. The van der Waals surface area contributed by atoms with Crippen molar-refractivity contribution in [1.82, 2.24) is 10.0 Å². The fourth-order valence-corrected chi connectivity index (χ4v) is 3.91. The lowest BCUT2D eigenvalue weighted by atomic mass is 10.1. The van der Waals surface area contributed by atoms with E-state index in [1.54, 1.807) is 14.0 Å². The van der Waals surface area contributed by atoms with Crippen molar-refractivity contribution in [2.45, 2.75) is 24.8 Å². The number of hydrogen-bond acceptors (Lipinski definition) is 5. The van der Waals surface area contributed by atoms with Crippen LogP contribution in [0.15, 0.2) is 47.4 Å². The van der Waals surface area contributed by atoms with Gasteiger partial charge in [0.05, 0.1) is 20.3 Å². The molecule has 1 amide bonds. The van der Waals surface area contributed by atoms with E-state index >= 15 is 0 Å². The van der Waals surface area contributed by atoms with Crippen molar-refractivity contribution in [3.8, 4) is 11.5 Å². The summed E-state index contributed by atoms with van der Waals surface area (Å²) in [6.07, 6.45) is 0. The minimum absolute atomic E-state index is 0.0792. The van der Waals surface area contributed by atoms with Crippen LogP contribution in [0, 0.1) is 0 Å². The molecule has 0 radical (unpaired) electrons. The zero-order valence-electron chi connectivity index (χ0n) is 15.8. The summed E-state index contributed by atoms with van der Waals surface area (Å²) in [5, 5.41) is 2.86. The van der Waals surface area contributed by atoms with Crippen molar-refractivity contribution in [3.05, 3.63) is 53.6 Å². The van der Waals surface area contributed by atoms with Crippen LogP contribution in [0.3, 0.4) is 0 Å². The van der Waals surface area contributed by atoms with Crippen LogP contribution in [0.1, 0.15) is 35.8 Å². The van der Waals surface area contributed by atoms with Gasteiger partial charge in [-0.15, -0.1) is 0 Å². The van der Waals surface area contributed by atoms with E-state index in [1.807, 2.05) is 31.2 Å². The molecular weight excluding hydrogens is 368 g/mol. The van der Waals surface area contributed by atoms with Gasteiger partial charge in [0.2, 0.25) is 10.0 Å². The lowest BCUT2D eigenvalue weighted by molar-refractivity contribution is 0.0939. The van der Waals surface area contributed by atoms with E-state index in [4.69, 9.17) is 9.47 Å². The van der Waals surface area contributed by atoms with E-state index in [9.17, 15) is 13.2 Å². The van der Waals surface area contributed by atoms with Gasteiger partial charge in [-0.2, -0.15) is 0 Å². The molecule has 0 aromatic heterocycles. The van der Waals surface area contributed by atoms with Gasteiger partial charge in [-0.1, -0.05) is 25.1 Å². The van der Waals surface area contributed by atoms with Crippen molar-refractivity contribution in [2.24, 2.45) is 0 Å². The molecule has 2 aromatic carbocycles. The minimum Gasteiger partial charge on any atom is -0.496 e. The molecule has 7 nitrogen and oxygen atoms in total. The Morgan fingerprint density at radius 3 is 2.37 bits per heavy atom. The predicted molar refractivity (Wildman–Crippen MR) is 103 cm³/mol. The second kappa shape index (κ2) is 8.88. The van der Waals surface area contributed by atoms with Gasteiger partial charge in [0.15, 0.2) is 0 Å². The third kappa shape index (κ3) is 4.78. The van der Waals surface area contributed by atoms with Gasteiger partial charge in [-0.25, -0.2) is 13.1 Å². The minimum atomic E-state index is -3.78. The van der Waals surface area contributed by atoms with E-state index in [0.29, 0.717) is 5.75 Å². The molecule has 0 aliphatic rings. The molecule has 2 N–H and O–H groups in total. The fourth-order valence-electron chi connectivity index (χ4n) is 2.68. The van der Waals surface area contributed by atoms with E-state index in [2.05, 4.69) is 10.0 Å². The first-order valence-corrected chi connectivity index (χ1v) is 9.93. The summed E-state index contributed by atoms with van der Waals surface area (Å²) < 4.78 is 37.6. The number of amides is 1. The van der Waals surface area contributed by atoms with Crippen LogP contribution in [0.2, 0.25) is 0 Å². The molecule has 0 aliphatic carbocycles. The largest absolute Gasteiger partial charge is 0.496 e. The Balaban J connectivity index is 2.31. The Morgan fingerprint density at radius 1 is 1.07 bits per heavy atom. The highest BCUT2D eigenvalue weighted by atomic mass is 32.2. The van der Waals surface area contributed by atoms with Crippen molar-refractivity contribution in [2.75, 3.05) is 20.8 Å². The van der Waals surface area contributed by atoms with Crippen LogP contribution in [-0.4, -0.2) is 35.1 Å². The monoisotopic (exact) mass is 392 g/mol. The Bertz CT molecular complexity index is 912. The second-order valence-electron chi connectivity index (χ2n) is 5.80. The lowest BCUT2D eigenvalue weighted by Gasteiger charge is -2.18. The molecule has 0 saturated heterocycles. The van der Waals surface area contributed by atoms with Gasteiger partial charge in [0, 0.05) is 17.7 Å². The predicted octanol–water partition coefficient (Wildman–Crippen LogP) is 2.49. The smallest absolute Gasteiger partial charge is 0.251 e. The number of ether oxygens (including phenoxy) is 2. The van der Waals surface area contributed by atoms with Gasteiger partial charge in [0.1, 0.15) is 16.4 Å². The first-order chi connectivity index (χ1) is 12.8. The number of para-hydroxylation sites is 1. The third-order valence-corrected chi connectivity index (χ3v) is 5.57. The van der Waals surface area contributed by atoms with Gasteiger partial charge in [-0.3, -0.25) is 4.79 Å². The molecule has 2 rings (SSSR count). The summed E-state index contributed by atoms with van der Waals surface area (Å²) >= 11 is 0. The summed E-state index contributed by atoms with van der Waals surface area (Å²) in [5.41, 5.74) is 1.04. The van der Waals surface area contributed by atoms with Crippen molar-refractivity contribution in [3.63, 3.8) is 0 Å². The van der Waals surface area contributed by atoms with Crippen LogP contribution in [-0.2, 0) is 10.0 Å². The van der Waals surface area contributed by atoms with Crippen molar-refractivity contribution in [1.29, 1.82) is 0 Å². The molecule has 1 atom stereocenters. The highest BCUT2D eigenvalue weighted by Gasteiger charge is 2.22. The molecule has 27 heavy (non-hydrogen) atoms. The van der Waals surface area contributed by atoms with E-state index in [-0.39, 0.29) is 28.8 Å². The van der Waals surface area contributed by atoms with Gasteiger partial charge < -0.3 is 14.8 Å². The molecule has 0 aliphatic heterocycles. The number of carbonyl (C=O) groups is 1. The molecular formula is C19H24N2O5S. The average molecular weight is 392 g/mol. The van der Waals surface area contributed by atoms with Crippen molar-refractivity contribution < 1.29 is 22.7 Å². The Hall–Kier alpha value is -2.58. The maximum Gasteiger partial charge on any atom is 0.251 e. The standard InChI is InChI=1S/C19H24N2O5S/c1-5-20-27(23,24)18-12-14(10-11-17(18)26-4)19(22)21-13(2)15-8-6-7-9-16(15)25-3/h6-13,20H,5H2,1-4H3,(H,21,22)/t13-/m1/s1. The highest BCUT2D eigenvalue weighted by Crippen LogP contribution is 2.27. The Morgan fingerprint density at radius 2 is 1.74 bits per heavy atom. The molecule has 8 heteroatoms. The molecule has 0 fully saturated rings. The highest BCUT2D eigenvalue weighted by molar-refractivity contribution is 7.89. The maximum absolute atomic E-state index is 12.7. The number of methoxy groups -OCH3 is 2. The summed E-state index contributed by atoms with van der Waals surface area (Å²) in [6, 6.07) is 11.3. The number of sulfonamides is 1. The normalized spacial score (nSPS) is 12.3. The summed E-state index contributed by atoms with van der Waals surface area (Å²) in [6.45, 7) is 3.73. The van der Waals surface area contributed by atoms with Crippen LogP contribution < -0.4 is 19.5 Å². The van der Waals surface area contributed by atoms with Crippen molar-refractivity contribution >= 4 is 15.9 Å². The Kier molecular flexibility index (Phi) is 6.81. The average Bonchev–Trinajstić information content (AvgIpc) is 2.67. The quantitative estimate of drug-likeness (QED) is 0.720. The lowest BCUT2D eigenvalue weighted by Crippen LogP contribution is -2.28. The van der Waals surface area contributed by atoms with E-state index in [1.165, 1.54) is 25.3 Å². The maximum atomic E-state index is 12.7. The topological polar surface area (TPSA) is 93.7 Å². The third-order valence-electron chi connectivity index (χ3n) is 4.00. The SMILES string of the molecule is CCNS(=O)(=O)c1cc(C(=O)N[C@H](C)c2ccccc2OC)ccc1OC. The molecule has 2 aromatic rings. The number of carbonyl (C=O) groups excluding carboxylic acids is 1. The van der Waals surface area contributed by atoms with Crippen LogP contribution >= 0.6 is 0 Å². The van der Waals surface area contributed by atoms with Crippen LogP contribution in [0.4, 0.5) is 0 Å². The summed E-state index contributed by atoms with van der Waals surface area (Å²) in [4.78, 5) is 12.6. The second-order valence-corrected chi connectivity index (χ2v) is 7.54. The van der Waals surface area contributed by atoms with E-state index in [0.717, 1.165) is 5.56 Å². The number of hydrogen-bond donors (Lipinski definition) is 2. The zero-order chi connectivity index (χ0) is 20.0. The molecule has 0 unspecified atom stereocenters. The summed E-state index contributed by atoms with van der Waals surface area (Å²) in [7, 11) is -0.832. The molecule has 0 saturated carbocycles. The first kappa shape index (κ1) is 20.7. The number of rotatable bonds is 8. The van der Waals surface area contributed by atoms with Gasteiger partial charge in [0.25, 0.3) is 5.91 Å². The van der Waals surface area contributed by atoms with Gasteiger partial charge in [-0.05, 0) is 31.2 Å². The van der Waals surface area contributed by atoms with Crippen LogP contribution in [0.25, 0.3) is 0 Å². The molecule has 146 valence electrons. The van der Waals surface area contributed by atoms with E-state index < -0.39 is 15.9 Å². The Labute approximate surface area is 159 Å². The molecule has 0 spiro atoms. The van der Waals surface area contributed by atoms with Gasteiger partial charge >= 0.3 is 0 Å². The zero-order valence-corrected chi connectivity index (χ0v) is 16.6. The number of benzene rings is 2. The first-order valence-electron chi connectivity index (χ1n) is 8.45. The van der Waals surface area contributed by atoms with Crippen LogP contribution in [0.5, 0.6) is 11.5 Å². The molecule has 0 heterocycles. The fraction of sp³-hybridized carbons (Fsp3) is 0.316. The molecule has 0 bridgehead atoms. The summed E-state index contributed by atoms with van der Waals surface area (Å²) in [5.74, 6) is 0.435.